The summed E-state index contributed by atoms with van der Waals surface area (Å²) in [5.41, 5.74) is 3.53. The zero-order chi connectivity index (χ0) is 15.0. The zero-order valence-corrected chi connectivity index (χ0v) is 12.2. The van der Waals surface area contributed by atoms with Gasteiger partial charge in [-0.25, -0.2) is 14.4 Å². The number of benzene rings is 2. The molecule has 1 aromatic heterocycles. The largest absolute Gasteiger partial charge is 0.373 e. The molecule has 1 heterocycles. The molecular weight excluding hydrogens is 265 g/mol. The van der Waals surface area contributed by atoms with Gasteiger partial charge in [0.05, 0.1) is 5.52 Å². The maximum Gasteiger partial charge on any atom is 0.162 e. The second-order valence-electron chi connectivity index (χ2n) is 5.18. The lowest BCUT2D eigenvalue weighted by Crippen LogP contribution is -1.99. The van der Waals surface area contributed by atoms with Crippen LogP contribution in [-0.4, -0.2) is 17.0 Å². The Morgan fingerprint density at radius 3 is 2.48 bits per heavy atom. The summed E-state index contributed by atoms with van der Waals surface area (Å²) in [4.78, 5) is 9.08. The number of hydrogen-bond acceptors (Lipinski definition) is 3. The zero-order valence-electron chi connectivity index (χ0n) is 12.2. The highest BCUT2D eigenvalue weighted by Crippen LogP contribution is 2.26. The third-order valence-electron chi connectivity index (χ3n) is 3.39. The summed E-state index contributed by atoms with van der Waals surface area (Å²) in [5, 5.41) is 4.06. The van der Waals surface area contributed by atoms with Crippen LogP contribution in [0.5, 0.6) is 0 Å². The van der Waals surface area contributed by atoms with Crippen molar-refractivity contribution in [2.24, 2.45) is 0 Å². The molecule has 0 amide bonds. The van der Waals surface area contributed by atoms with E-state index in [4.69, 9.17) is 0 Å². The molecule has 0 radical (unpaired) electrons. The van der Waals surface area contributed by atoms with Gasteiger partial charge in [-0.1, -0.05) is 11.6 Å². The van der Waals surface area contributed by atoms with Crippen LogP contribution >= 0.6 is 0 Å². The second-order valence-corrected chi connectivity index (χ2v) is 5.18. The summed E-state index contributed by atoms with van der Waals surface area (Å²) in [5.74, 6) is 1.00. The number of anilines is 1. The van der Waals surface area contributed by atoms with Gasteiger partial charge in [0.15, 0.2) is 5.82 Å². The molecule has 0 unspecified atom stereocenters. The fraction of sp³-hybridized carbons (Fsp3) is 0.176. The lowest BCUT2D eigenvalue weighted by Gasteiger charge is -2.09. The van der Waals surface area contributed by atoms with Crippen LogP contribution in [0.15, 0.2) is 36.4 Å². The van der Waals surface area contributed by atoms with Gasteiger partial charge in [0.2, 0.25) is 0 Å². The molecule has 0 saturated carbocycles. The van der Waals surface area contributed by atoms with Crippen LogP contribution in [0.3, 0.4) is 0 Å². The third kappa shape index (κ3) is 2.57. The van der Waals surface area contributed by atoms with E-state index in [1.807, 2.05) is 45.2 Å². The third-order valence-corrected chi connectivity index (χ3v) is 3.39. The van der Waals surface area contributed by atoms with Crippen LogP contribution in [0.4, 0.5) is 10.2 Å². The second kappa shape index (κ2) is 5.13. The van der Waals surface area contributed by atoms with E-state index in [2.05, 4.69) is 15.3 Å². The smallest absolute Gasteiger partial charge is 0.162 e. The van der Waals surface area contributed by atoms with E-state index in [0.29, 0.717) is 11.4 Å². The SMILES string of the molecule is CNc1nc(-c2cc(C)cc(F)c2)nc2ccc(C)cc12. The Kier molecular flexibility index (Phi) is 3.29. The van der Waals surface area contributed by atoms with Crippen LogP contribution in [0, 0.1) is 19.7 Å². The molecule has 0 atom stereocenters. The Bertz CT molecular complexity index is 807. The lowest BCUT2D eigenvalue weighted by molar-refractivity contribution is 0.627. The Morgan fingerprint density at radius 1 is 0.952 bits per heavy atom. The molecule has 0 spiro atoms. The summed E-state index contributed by atoms with van der Waals surface area (Å²) >= 11 is 0. The van der Waals surface area contributed by atoms with E-state index in [1.165, 1.54) is 12.1 Å². The first kappa shape index (κ1) is 13.5. The summed E-state index contributed by atoms with van der Waals surface area (Å²) in [6.45, 7) is 3.89. The van der Waals surface area contributed by atoms with E-state index in [-0.39, 0.29) is 5.82 Å². The summed E-state index contributed by atoms with van der Waals surface area (Å²) in [6, 6.07) is 10.9. The summed E-state index contributed by atoms with van der Waals surface area (Å²) in [6.07, 6.45) is 0. The van der Waals surface area contributed by atoms with Crippen LogP contribution in [-0.2, 0) is 0 Å². The Labute approximate surface area is 122 Å². The van der Waals surface area contributed by atoms with Gasteiger partial charge < -0.3 is 5.32 Å². The molecule has 0 aliphatic heterocycles. The maximum atomic E-state index is 13.6. The van der Waals surface area contributed by atoms with E-state index in [9.17, 15) is 4.39 Å². The standard InChI is InChI=1S/C17H16FN3/c1-10-4-5-15-14(8-10)17(19-3)21-16(20-15)12-6-11(2)7-13(18)9-12/h4-9H,1-3H3,(H,19,20,21). The number of hydrogen-bond donors (Lipinski definition) is 1. The number of nitrogens with one attached hydrogen (secondary N) is 1. The van der Waals surface area contributed by atoms with Gasteiger partial charge in [0, 0.05) is 18.0 Å². The van der Waals surface area contributed by atoms with Crippen molar-refractivity contribution in [2.45, 2.75) is 13.8 Å². The highest BCUT2D eigenvalue weighted by molar-refractivity contribution is 5.91. The Morgan fingerprint density at radius 2 is 1.76 bits per heavy atom. The summed E-state index contributed by atoms with van der Waals surface area (Å²) in [7, 11) is 1.82. The minimum atomic E-state index is -0.274. The van der Waals surface area contributed by atoms with E-state index in [0.717, 1.165) is 27.8 Å². The molecule has 3 nitrogen and oxygen atoms in total. The normalized spacial score (nSPS) is 10.9. The monoisotopic (exact) mass is 281 g/mol. The van der Waals surface area contributed by atoms with Crippen molar-refractivity contribution in [3.8, 4) is 11.4 Å². The first-order chi connectivity index (χ1) is 10.1. The summed E-state index contributed by atoms with van der Waals surface area (Å²) < 4.78 is 13.6. The molecule has 3 aromatic rings. The average Bonchev–Trinajstić information content (AvgIpc) is 2.45. The molecular formula is C17H16FN3. The quantitative estimate of drug-likeness (QED) is 0.768. The first-order valence-electron chi connectivity index (χ1n) is 6.80. The van der Waals surface area contributed by atoms with Crippen molar-refractivity contribution in [3.63, 3.8) is 0 Å². The van der Waals surface area contributed by atoms with Crippen LogP contribution in [0.25, 0.3) is 22.3 Å². The predicted octanol–water partition coefficient (Wildman–Crippen LogP) is 4.09. The molecule has 0 saturated heterocycles. The number of nitrogens with zero attached hydrogens (tertiary/aromatic N) is 2. The molecule has 3 rings (SSSR count). The van der Waals surface area contributed by atoms with Gasteiger partial charge in [-0.3, -0.25) is 0 Å². The first-order valence-corrected chi connectivity index (χ1v) is 6.80. The highest BCUT2D eigenvalue weighted by Gasteiger charge is 2.10. The van der Waals surface area contributed by atoms with E-state index >= 15 is 0 Å². The lowest BCUT2D eigenvalue weighted by atomic mass is 10.1. The molecule has 0 bridgehead atoms. The van der Waals surface area contributed by atoms with Gasteiger partial charge in [-0.2, -0.15) is 0 Å². The molecule has 0 fully saturated rings. The van der Waals surface area contributed by atoms with Crippen molar-refractivity contribution in [1.82, 2.24) is 9.97 Å². The number of aromatic nitrogens is 2. The van der Waals surface area contributed by atoms with E-state index < -0.39 is 0 Å². The minimum absolute atomic E-state index is 0.274. The maximum absolute atomic E-state index is 13.6. The molecule has 4 heteroatoms. The fourth-order valence-electron chi connectivity index (χ4n) is 2.43. The molecule has 1 N–H and O–H groups in total. The predicted molar refractivity (Wildman–Crippen MR) is 84.0 cm³/mol. The fourth-order valence-corrected chi connectivity index (χ4v) is 2.43. The van der Waals surface area contributed by atoms with Crippen molar-refractivity contribution >= 4 is 16.7 Å². The minimum Gasteiger partial charge on any atom is -0.373 e. The molecule has 106 valence electrons. The van der Waals surface area contributed by atoms with Crippen molar-refractivity contribution in [1.29, 1.82) is 0 Å². The van der Waals surface area contributed by atoms with Crippen molar-refractivity contribution < 1.29 is 4.39 Å². The topological polar surface area (TPSA) is 37.8 Å². The van der Waals surface area contributed by atoms with Gasteiger partial charge in [-0.05, 0) is 49.7 Å². The Hall–Kier alpha value is -2.49. The average molecular weight is 281 g/mol. The molecule has 0 aliphatic rings. The number of rotatable bonds is 2. The van der Waals surface area contributed by atoms with Crippen molar-refractivity contribution in [2.75, 3.05) is 12.4 Å². The molecule has 2 aromatic carbocycles. The van der Waals surface area contributed by atoms with Crippen LogP contribution in [0.1, 0.15) is 11.1 Å². The van der Waals surface area contributed by atoms with E-state index in [1.54, 1.807) is 0 Å². The van der Waals surface area contributed by atoms with Gasteiger partial charge in [0.25, 0.3) is 0 Å². The number of fused-ring (bicyclic) bond motifs is 1. The molecule has 21 heavy (non-hydrogen) atoms. The van der Waals surface area contributed by atoms with Crippen molar-refractivity contribution in [3.05, 3.63) is 53.3 Å². The van der Waals surface area contributed by atoms with Crippen LogP contribution < -0.4 is 5.32 Å². The number of halogens is 1. The van der Waals surface area contributed by atoms with Gasteiger partial charge >= 0.3 is 0 Å². The number of aryl methyl sites for hydroxylation is 2. The highest BCUT2D eigenvalue weighted by atomic mass is 19.1. The van der Waals surface area contributed by atoms with Crippen LogP contribution in [0.2, 0.25) is 0 Å². The van der Waals surface area contributed by atoms with Gasteiger partial charge in [0.1, 0.15) is 11.6 Å². The van der Waals surface area contributed by atoms with Gasteiger partial charge in [-0.15, -0.1) is 0 Å². The molecule has 0 aliphatic carbocycles. The Balaban J connectivity index is 2.26.